The molecule has 0 amide bonds. The van der Waals surface area contributed by atoms with Crippen molar-refractivity contribution in [2.45, 2.75) is 61.3 Å². The van der Waals surface area contributed by atoms with Crippen LogP contribution in [0, 0.1) is 25.7 Å². The summed E-state index contributed by atoms with van der Waals surface area (Å²) in [7, 11) is 0. The fourth-order valence-electron chi connectivity index (χ4n) is 1.98. The Morgan fingerprint density at radius 1 is 1.05 bits per heavy atom. The van der Waals surface area contributed by atoms with Crippen LogP contribution < -0.4 is 0 Å². The van der Waals surface area contributed by atoms with Crippen molar-refractivity contribution in [2.24, 2.45) is 11.8 Å². The molecule has 20 heavy (non-hydrogen) atoms. The van der Waals surface area contributed by atoms with Crippen LogP contribution in [-0.2, 0) is 4.79 Å². The number of carbonyl (C=O) groups excluding carboxylic acids is 2. The Hall–Kier alpha value is -1.38. The average molecular weight is 280 g/mol. The molecule has 114 valence electrons. The quantitative estimate of drug-likeness (QED) is 0.731. The van der Waals surface area contributed by atoms with E-state index < -0.39 is 0 Å². The van der Waals surface area contributed by atoms with Crippen LogP contribution in [0.15, 0.2) is 10.5 Å². The lowest BCUT2D eigenvalue weighted by Crippen LogP contribution is -2.05. The first-order chi connectivity index (χ1) is 9.13. The van der Waals surface area contributed by atoms with Crippen LogP contribution in [0.2, 0.25) is 0 Å². The lowest BCUT2D eigenvalue weighted by molar-refractivity contribution is -0.120. The molecular formula is C17H28O3. The molecule has 3 nitrogen and oxygen atoms in total. The zero-order chi connectivity index (χ0) is 15.9. The maximum absolute atomic E-state index is 11.1. The van der Waals surface area contributed by atoms with Gasteiger partial charge in [-0.15, -0.1) is 0 Å². The first-order valence-electron chi connectivity index (χ1n) is 7.23. The second kappa shape index (κ2) is 8.72. The van der Waals surface area contributed by atoms with E-state index >= 15 is 0 Å². The van der Waals surface area contributed by atoms with Crippen LogP contribution >= 0.6 is 0 Å². The van der Waals surface area contributed by atoms with Crippen LogP contribution in [0.3, 0.4) is 0 Å². The van der Waals surface area contributed by atoms with Gasteiger partial charge in [0.2, 0.25) is 0 Å². The van der Waals surface area contributed by atoms with Crippen LogP contribution in [-0.4, -0.2) is 11.6 Å². The summed E-state index contributed by atoms with van der Waals surface area (Å²) < 4.78 is 5.13. The van der Waals surface area contributed by atoms with Crippen molar-refractivity contribution in [3.63, 3.8) is 0 Å². The minimum absolute atomic E-state index is 0.00870. The molecule has 1 aromatic rings. The van der Waals surface area contributed by atoms with Crippen LogP contribution in [0.1, 0.15) is 69.3 Å². The minimum Gasteiger partial charge on any atom is -0.458 e. The van der Waals surface area contributed by atoms with E-state index in [1.165, 1.54) is 6.92 Å². The number of carbonyl (C=O) groups is 2. The van der Waals surface area contributed by atoms with E-state index in [1.807, 2.05) is 19.9 Å². The summed E-state index contributed by atoms with van der Waals surface area (Å²) in [5, 5.41) is 0. The molecule has 0 unspecified atom stereocenters. The van der Waals surface area contributed by atoms with Gasteiger partial charge in [-0.3, -0.25) is 9.59 Å². The van der Waals surface area contributed by atoms with Crippen LogP contribution in [0.4, 0.5) is 0 Å². The summed E-state index contributed by atoms with van der Waals surface area (Å²) in [6, 6.07) is 1.86. The molecule has 0 radical (unpaired) electrons. The Bertz CT molecular complexity index is 427. The zero-order valence-corrected chi connectivity index (χ0v) is 13.9. The standard InChI is InChI=1S/C9H18O.C8H10O2/c1-7(2)5-9(10)6-8(3)4;1-5-4-6(2)10-8(5)7(3)9/h7-8H,5-6H2,1-4H3;4H,1-3H3. The molecule has 0 saturated heterocycles. The van der Waals surface area contributed by atoms with Crippen molar-refractivity contribution in [3.05, 3.63) is 23.2 Å². The van der Waals surface area contributed by atoms with Crippen molar-refractivity contribution < 1.29 is 14.0 Å². The van der Waals surface area contributed by atoms with Gasteiger partial charge in [-0.05, 0) is 37.3 Å². The number of aryl methyl sites for hydroxylation is 2. The first-order valence-corrected chi connectivity index (χ1v) is 7.23. The van der Waals surface area contributed by atoms with Gasteiger partial charge in [0, 0.05) is 19.8 Å². The highest BCUT2D eigenvalue weighted by molar-refractivity contribution is 5.92. The third kappa shape index (κ3) is 7.93. The van der Waals surface area contributed by atoms with E-state index in [-0.39, 0.29) is 5.78 Å². The molecule has 0 bridgehead atoms. The minimum atomic E-state index is -0.00870. The summed E-state index contributed by atoms with van der Waals surface area (Å²) in [4.78, 5) is 21.8. The van der Waals surface area contributed by atoms with Gasteiger partial charge in [0.1, 0.15) is 11.5 Å². The number of Topliss-reactive ketones (excluding diaryl/α,β-unsaturated/α-hetero) is 2. The first kappa shape index (κ1) is 18.6. The highest BCUT2D eigenvalue weighted by atomic mass is 16.3. The second-order valence-electron chi connectivity index (χ2n) is 6.16. The molecule has 1 aromatic heterocycles. The number of furan rings is 1. The van der Waals surface area contributed by atoms with E-state index in [1.54, 1.807) is 0 Å². The van der Waals surface area contributed by atoms with Crippen molar-refractivity contribution in [3.8, 4) is 0 Å². The molecule has 0 aliphatic carbocycles. The topological polar surface area (TPSA) is 47.3 Å². The predicted octanol–water partition coefficient (Wildman–Crippen LogP) is 4.75. The summed E-state index contributed by atoms with van der Waals surface area (Å²) in [6.07, 6.45) is 1.50. The molecule has 3 heteroatoms. The van der Waals surface area contributed by atoms with E-state index in [0.717, 1.165) is 24.2 Å². The molecular weight excluding hydrogens is 252 g/mol. The SMILES string of the molecule is CC(=O)c1oc(C)cc1C.CC(C)CC(=O)CC(C)C. The van der Waals surface area contributed by atoms with Gasteiger partial charge in [0.05, 0.1) is 0 Å². The van der Waals surface area contributed by atoms with E-state index in [2.05, 4.69) is 27.7 Å². The molecule has 0 aliphatic heterocycles. The van der Waals surface area contributed by atoms with Gasteiger partial charge in [0.25, 0.3) is 0 Å². The summed E-state index contributed by atoms with van der Waals surface area (Å²) in [6.45, 7) is 13.5. The molecule has 0 aromatic carbocycles. The largest absolute Gasteiger partial charge is 0.458 e. The van der Waals surface area contributed by atoms with Gasteiger partial charge >= 0.3 is 0 Å². The Balaban J connectivity index is 0.000000361. The fourth-order valence-corrected chi connectivity index (χ4v) is 1.98. The fraction of sp³-hybridized carbons (Fsp3) is 0.647. The smallest absolute Gasteiger partial charge is 0.195 e. The average Bonchev–Trinajstić information content (AvgIpc) is 2.56. The maximum atomic E-state index is 11.1. The number of hydrogen-bond acceptors (Lipinski definition) is 3. The molecule has 1 rings (SSSR count). The van der Waals surface area contributed by atoms with Gasteiger partial charge in [-0.25, -0.2) is 0 Å². The maximum Gasteiger partial charge on any atom is 0.195 e. The van der Waals surface area contributed by atoms with Gasteiger partial charge in [-0.2, -0.15) is 0 Å². The van der Waals surface area contributed by atoms with Crippen molar-refractivity contribution in [2.75, 3.05) is 0 Å². The van der Waals surface area contributed by atoms with Gasteiger partial charge in [-0.1, -0.05) is 27.7 Å². The highest BCUT2D eigenvalue weighted by Crippen LogP contribution is 2.13. The monoisotopic (exact) mass is 280 g/mol. The van der Waals surface area contributed by atoms with Crippen molar-refractivity contribution in [1.82, 2.24) is 0 Å². The molecule has 0 atom stereocenters. The molecule has 0 N–H and O–H groups in total. The normalized spacial score (nSPS) is 10.4. The Kier molecular flexibility index (Phi) is 8.12. The second-order valence-corrected chi connectivity index (χ2v) is 6.16. The number of rotatable bonds is 5. The third-order valence-corrected chi connectivity index (χ3v) is 2.63. The Morgan fingerprint density at radius 2 is 1.50 bits per heavy atom. The predicted molar refractivity (Wildman–Crippen MR) is 82.1 cm³/mol. The molecule has 0 spiro atoms. The molecule has 0 saturated carbocycles. The molecule has 0 fully saturated rings. The molecule has 1 heterocycles. The Morgan fingerprint density at radius 3 is 1.70 bits per heavy atom. The Labute approximate surface area is 122 Å². The van der Waals surface area contributed by atoms with Crippen LogP contribution in [0.5, 0.6) is 0 Å². The summed E-state index contributed by atoms with van der Waals surface area (Å²) >= 11 is 0. The van der Waals surface area contributed by atoms with E-state index in [9.17, 15) is 9.59 Å². The lowest BCUT2D eigenvalue weighted by Gasteiger charge is -2.05. The zero-order valence-electron chi connectivity index (χ0n) is 13.9. The number of ketones is 2. The van der Waals surface area contributed by atoms with Crippen molar-refractivity contribution >= 4 is 11.6 Å². The summed E-state index contributed by atoms with van der Waals surface area (Å²) in [5.74, 6) is 2.72. The molecule has 0 aliphatic rings. The van der Waals surface area contributed by atoms with Crippen LogP contribution in [0.25, 0.3) is 0 Å². The number of hydrogen-bond donors (Lipinski definition) is 0. The summed E-state index contributed by atoms with van der Waals surface area (Å²) in [5.41, 5.74) is 0.921. The lowest BCUT2D eigenvalue weighted by atomic mass is 10.00. The van der Waals surface area contributed by atoms with Gasteiger partial charge < -0.3 is 4.42 Å². The van der Waals surface area contributed by atoms with E-state index in [4.69, 9.17) is 4.42 Å². The van der Waals surface area contributed by atoms with Gasteiger partial charge in [0.15, 0.2) is 11.5 Å². The third-order valence-electron chi connectivity index (χ3n) is 2.63. The van der Waals surface area contributed by atoms with E-state index in [0.29, 0.717) is 23.4 Å². The van der Waals surface area contributed by atoms with Crippen molar-refractivity contribution in [1.29, 1.82) is 0 Å². The highest BCUT2D eigenvalue weighted by Gasteiger charge is 2.08.